The second-order valence-corrected chi connectivity index (χ2v) is 7.35. The van der Waals surface area contributed by atoms with Crippen LogP contribution >= 0.6 is 0 Å². The van der Waals surface area contributed by atoms with Crippen LogP contribution in [0.1, 0.15) is 41.6 Å². The topological polar surface area (TPSA) is 61.4 Å². The van der Waals surface area contributed by atoms with Crippen molar-refractivity contribution in [2.24, 2.45) is 0 Å². The summed E-state index contributed by atoms with van der Waals surface area (Å²) in [4.78, 5) is 27.3. The fourth-order valence-corrected chi connectivity index (χ4v) is 4.06. The molecule has 4 rings (SSSR count). The van der Waals surface area contributed by atoms with E-state index in [2.05, 4.69) is 27.7 Å². The molecule has 5 nitrogen and oxygen atoms in total. The van der Waals surface area contributed by atoms with Gasteiger partial charge in [0.05, 0.1) is 17.8 Å². The maximum Gasteiger partial charge on any atom is 0.253 e. The zero-order valence-corrected chi connectivity index (χ0v) is 15.4. The van der Waals surface area contributed by atoms with Crippen molar-refractivity contribution in [3.63, 3.8) is 0 Å². The van der Waals surface area contributed by atoms with Gasteiger partial charge in [-0.3, -0.25) is 9.59 Å². The van der Waals surface area contributed by atoms with Crippen molar-refractivity contribution in [1.82, 2.24) is 5.32 Å². The maximum absolute atomic E-state index is 12.6. The van der Waals surface area contributed by atoms with Crippen LogP contribution in [0, 0.1) is 0 Å². The smallest absolute Gasteiger partial charge is 0.253 e. The molecule has 1 aliphatic carbocycles. The lowest BCUT2D eigenvalue weighted by Crippen LogP contribution is -2.34. The van der Waals surface area contributed by atoms with Crippen LogP contribution in [0.2, 0.25) is 0 Å². The quantitative estimate of drug-likeness (QED) is 0.856. The predicted molar refractivity (Wildman–Crippen MR) is 107 cm³/mol. The zero-order valence-electron chi connectivity index (χ0n) is 15.4. The van der Waals surface area contributed by atoms with Crippen LogP contribution in [0.5, 0.6) is 0 Å². The molecule has 0 atom stereocenters. The molecular weight excluding hydrogens is 338 g/mol. The average Bonchev–Trinajstić information content (AvgIpc) is 3.32. The van der Waals surface area contributed by atoms with E-state index in [1.165, 1.54) is 18.4 Å². The molecule has 0 aromatic heterocycles. The van der Waals surface area contributed by atoms with Gasteiger partial charge in [0.2, 0.25) is 5.91 Å². The number of hydrogen-bond donors (Lipinski definition) is 2. The summed E-state index contributed by atoms with van der Waals surface area (Å²) in [5.41, 5.74) is 3.51. The predicted octanol–water partition coefficient (Wildman–Crippen LogP) is 3.36. The van der Waals surface area contributed by atoms with E-state index >= 15 is 0 Å². The van der Waals surface area contributed by atoms with Gasteiger partial charge in [0.15, 0.2) is 0 Å². The molecule has 2 aromatic carbocycles. The zero-order chi connectivity index (χ0) is 18.6. The molecule has 140 valence electrons. The Morgan fingerprint density at radius 1 is 1.00 bits per heavy atom. The summed E-state index contributed by atoms with van der Waals surface area (Å²) in [6, 6.07) is 15.7. The monoisotopic (exact) mass is 363 g/mol. The molecule has 2 aromatic rings. The molecule has 2 N–H and O–H groups in total. The lowest BCUT2D eigenvalue weighted by molar-refractivity contribution is -0.115. The molecule has 1 heterocycles. The standard InChI is InChI=1S/C22H25N3O2/c26-21(15-25-14-13-16-7-1-6-12-20(16)25)24-19-11-5-4-10-18(19)22(27)23-17-8-2-3-9-17/h1,4-7,10-12,17H,2-3,8-9,13-15H2,(H,23,27)(H,24,26). The minimum atomic E-state index is -0.107. The van der Waals surface area contributed by atoms with Gasteiger partial charge in [0, 0.05) is 18.3 Å². The molecule has 0 spiro atoms. The van der Waals surface area contributed by atoms with Gasteiger partial charge >= 0.3 is 0 Å². The third-order valence-electron chi connectivity index (χ3n) is 5.45. The van der Waals surface area contributed by atoms with Crippen LogP contribution < -0.4 is 15.5 Å². The van der Waals surface area contributed by atoms with Crippen molar-refractivity contribution >= 4 is 23.2 Å². The Balaban J connectivity index is 1.42. The van der Waals surface area contributed by atoms with E-state index in [4.69, 9.17) is 0 Å². The first-order valence-electron chi connectivity index (χ1n) is 9.73. The van der Waals surface area contributed by atoms with Crippen molar-refractivity contribution in [3.8, 4) is 0 Å². The number of para-hydroxylation sites is 2. The van der Waals surface area contributed by atoms with Gasteiger partial charge in [0.25, 0.3) is 5.91 Å². The molecule has 2 amide bonds. The largest absolute Gasteiger partial charge is 0.362 e. The maximum atomic E-state index is 12.6. The van der Waals surface area contributed by atoms with Gasteiger partial charge in [-0.15, -0.1) is 0 Å². The molecular formula is C22H25N3O2. The Labute approximate surface area is 159 Å². The number of nitrogens with one attached hydrogen (secondary N) is 2. The first kappa shape index (κ1) is 17.6. The fourth-order valence-electron chi connectivity index (χ4n) is 4.06. The molecule has 0 saturated heterocycles. The Bertz CT molecular complexity index is 843. The van der Waals surface area contributed by atoms with Crippen molar-refractivity contribution in [2.45, 2.75) is 38.1 Å². The second kappa shape index (κ2) is 7.82. The highest BCUT2D eigenvalue weighted by Gasteiger charge is 2.22. The van der Waals surface area contributed by atoms with Crippen molar-refractivity contribution in [3.05, 3.63) is 59.7 Å². The van der Waals surface area contributed by atoms with E-state index in [0.717, 1.165) is 31.5 Å². The van der Waals surface area contributed by atoms with Gasteiger partial charge < -0.3 is 15.5 Å². The van der Waals surface area contributed by atoms with E-state index < -0.39 is 0 Å². The normalized spacial score (nSPS) is 16.2. The number of anilines is 2. The number of hydrogen-bond acceptors (Lipinski definition) is 3. The molecule has 0 bridgehead atoms. The number of carbonyl (C=O) groups is 2. The summed E-state index contributed by atoms with van der Waals surface area (Å²) in [7, 11) is 0. The van der Waals surface area contributed by atoms with Crippen LogP contribution in [-0.4, -0.2) is 30.9 Å². The third kappa shape index (κ3) is 3.97. The van der Waals surface area contributed by atoms with E-state index in [1.54, 1.807) is 12.1 Å². The molecule has 5 heteroatoms. The van der Waals surface area contributed by atoms with E-state index in [9.17, 15) is 9.59 Å². The van der Waals surface area contributed by atoms with Gasteiger partial charge in [-0.05, 0) is 43.0 Å². The first-order chi connectivity index (χ1) is 13.2. The summed E-state index contributed by atoms with van der Waals surface area (Å²) in [6.07, 6.45) is 5.37. The average molecular weight is 363 g/mol. The third-order valence-corrected chi connectivity index (χ3v) is 5.45. The van der Waals surface area contributed by atoms with Gasteiger partial charge in [-0.1, -0.05) is 43.2 Å². The molecule has 1 saturated carbocycles. The second-order valence-electron chi connectivity index (χ2n) is 7.35. The summed E-state index contributed by atoms with van der Waals surface area (Å²) >= 11 is 0. The number of rotatable bonds is 5. The summed E-state index contributed by atoms with van der Waals surface area (Å²) < 4.78 is 0. The highest BCUT2D eigenvalue weighted by Crippen LogP contribution is 2.27. The van der Waals surface area contributed by atoms with E-state index in [-0.39, 0.29) is 24.4 Å². The summed E-state index contributed by atoms with van der Waals surface area (Å²) in [5, 5.41) is 6.03. The van der Waals surface area contributed by atoms with Crippen LogP contribution in [0.25, 0.3) is 0 Å². The van der Waals surface area contributed by atoms with Crippen LogP contribution in [0.15, 0.2) is 48.5 Å². The Morgan fingerprint density at radius 3 is 2.59 bits per heavy atom. The minimum Gasteiger partial charge on any atom is -0.362 e. The lowest BCUT2D eigenvalue weighted by Gasteiger charge is -2.19. The highest BCUT2D eigenvalue weighted by molar-refractivity contribution is 6.04. The summed E-state index contributed by atoms with van der Waals surface area (Å²) in [6.45, 7) is 1.13. The highest BCUT2D eigenvalue weighted by atomic mass is 16.2. The fraction of sp³-hybridized carbons (Fsp3) is 0.364. The minimum absolute atomic E-state index is 0.104. The SMILES string of the molecule is O=C(CN1CCc2ccccc21)Nc1ccccc1C(=O)NC1CCCC1. The molecule has 2 aliphatic rings. The van der Waals surface area contributed by atoms with Crippen molar-refractivity contribution < 1.29 is 9.59 Å². The van der Waals surface area contributed by atoms with E-state index in [1.807, 2.05) is 24.3 Å². The van der Waals surface area contributed by atoms with Gasteiger partial charge in [0.1, 0.15) is 0 Å². The summed E-state index contributed by atoms with van der Waals surface area (Å²) in [5.74, 6) is -0.211. The van der Waals surface area contributed by atoms with Crippen molar-refractivity contribution in [2.75, 3.05) is 23.3 Å². The van der Waals surface area contributed by atoms with Crippen LogP contribution in [0.4, 0.5) is 11.4 Å². The molecule has 27 heavy (non-hydrogen) atoms. The van der Waals surface area contributed by atoms with E-state index in [0.29, 0.717) is 11.3 Å². The number of amides is 2. The Morgan fingerprint density at radius 2 is 1.74 bits per heavy atom. The molecule has 0 radical (unpaired) electrons. The number of fused-ring (bicyclic) bond motifs is 1. The number of nitrogens with zero attached hydrogens (tertiary/aromatic N) is 1. The number of benzene rings is 2. The number of carbonyl (C=O) groups excluding carboxylic acids is 2. The van der Waals surface area contributed by atoms with Gasteiger partial charge in [-0.2, -0.15) is 0 Å². The first-order valence-corrected chi connectivity index (χ1v) is 9.73. The van der Waals surface area contributed by atoms with Gasteiger partial charge in [-0.25, -0.2) is 0 Å². The van der Waals surface area contributed by atoms with Crippen LogP contribution in [0.3, 0.4) is 0 Å². The molecule has 0 unspecified atom stereocenters. The lowest BCUT2D eigenvalue weighted by atomic mass is 10.1. The van der Waals surface area contributed by atoms with Crippen LogP contribution in [-0.2, 0) is 11.2 Å². The van der Waals surface area contributed by atoms with Crippen molar-refractivity contribution in [1.29, 1.82) is 0 Å². The molecule has 1 fully saturated rings. The Kier molecular flexibility index (Phi) is 5.10. The molecule has 1 aliphatic heterocycles. The Hall–Kier alpha value is -2.82.